The van der Waals surface area contributed by atoms with E-state index in [4.69, 9.17) is 9.47 Å². The normalized spacial score (nSPS) is 10.0. The predicted octanol–water partition coefficient (Wildman–Crippen LogP) is 2.56. The van der Waals surface area contributed by atoms with Crippen molar-refractivity contribution in [3.8, 4) is 0 Å². The molecule has 0 fully saturated rings. The molecule has 0 radical (unpaired) electrons. The van der Waals surface area contributed by atoms with Crippen molar-refractivity contribution < 1.29 is 19.1 Å². The minimum absolute atomic E-state index is 0.162. The first-order chi connectivity index (χ1) is 8.50. The number of nitrogens with zero attached hydrogens (tertiary/aromatic N) is 1. The number of ether oxygens (including phenoxy) is 2. The van der Waals surface area contributed by atoms with Gasteiger partial charge in [-0.3, -0.25) is 4.79 Å². The fraction of sp³-hybridized carbons (Fsp3) is 0.385. The second kappa shape index (κ2) is 6.64. The van der Waals surface area contributed by atoms with E-state index in [1.165, 1.54) is 11.8 Å². The summed E-state index contributed by atoms with van der Waals surface area (Å²) in [6.07, 6.45) is -0.779. The quantitative estimate of drug-likeness (QED) is 0.609. The Kier molecular flexibility index (Phi) is 5.17. The van der Waals surface area contributed by atoms with Gasteiger partial charge in [-0.15, -0.1) is 0 Å². The van der Waals surface area contributed by atoms with Crippen molar-refractivity contribution >= 4 is 17.7 Å². The first-order valence-electron chi connectivity index (χ1n) is 5.67. The fourth-order valence-corrected chi connectivity index (χ4v) is 1.26. The van der Waals surface area contributed by atoms with Crippen LogP contribution in [0.3, 0.4) is 0 Å². The highest BCUT2D eigenvalue weighted by Crippen LogP contribution is 2.15. The maximum absolute atomic E-state index is 11.9. The van der Waals surface area contributed by atoms with E-state index in [1.54, 1.807) is 38.1 Å². The topological polar surface area (TPSA) is 55.8 Å². The van der Waals surface area contributed by atoms with Gasteiger partial charge in [0.1, 0.15) is 0 Å². The summed E-state index contributed by atoms with van der Waals surface area (Å²) in [6, 6.07) is 8.90. The third kappa shape index (κ3) is 4.45. The van der Waals surface area contributed by atoms with Gasteiger partial charge in [-0.05, 0) is 26.0 Å². The van der Waals surface area contributed by atoms with Crippen LogP contribution in [-0.4, -0.2) is 24.9 Å². The smallest absolute Gasteiger partial charge is 0.417 e. The lowest BCUT2D eigenvalue weighted by atomic mass is 10.3. The molecule has 0 saturated heterocycles. The lowest BCUT2D eigenvalue weighted by Crippen LogP contribution is -2.35. The minimum Gasteiger partial charge on any atom is -0.446 e. The van der Waals surface area contributed by atoms with Gasteiger partial charge in [0, 0.05) is 6.92 Å². The molecule has 1 aromatic rings. The molecule has 0 aliphatic rings. The molecule has 98 valence electrons. The van der Waals surface area contributed by atoms with Crippen LogP contribution >= 0.6 is 0 Å². The Bertz CT molecular complexity index is 403. The van der Waals surface area contributed by atoms with E-state index < -0.39 is 12.1 Å². The molecule has 18 heavy (non-hydrogen) atoms. The average molecular weight is 251 g/mol. The van der Waals surface area contributed by atoms with Crippen molar-refractivity contribution in [2.45, 2.75) is 26.9 Å². The van der Waals surface area contributed by atoms with Crippen LogP contribution < -0.4 is 4.90 Å². The average Bonchev–Trinajstić information content (AvgIpc) is 2.29. The van der Waals surface area contributed by atoms with E-state index in [0.29, 0.717) is 5.69 Å². The molecule has 1 rings (SSSR count). The van der Waals surface area contributed by atoms with Gasteiger partial charge in [0.2, 0.25) is 0 Å². The standard InChI is InChI=1S/C13H17NO4/c1-10(2)18-13(16)14(9-17-11(3)15)12-7-5-4-6-8-12/h4-8,10H,9H2,1-3H3. The van der Waals surface area contributed by atoms with E-state index in [9.17, 15) is 9.59 Å². The Morgan fingerprint density at radius 3 is 2.33 bits per heavy atom. The highest BCUT2D eigenvalue weighted by Gasteiger charge is 2.19. The summed E-state index contributed by atoms with van der Waals surface area (Å²) in [5.41, 5.74) is 0.615. The van der Waals surface area contributed by atoms with Crippen LogP contribution in [0.4, 0.5) is 10.5 Å². The zero-order valence-electron chi connectivity index (χ0n) is 10.8. The van der Waals surface area contributed by atoms with Crippen LogP contribution in [0.15, 0.2) is 30.3 Å². The molecule has 0 spiro atoms. The van der Waals surface area contributed by atoms with Crippen molar-refractivity contribution in [1.82, 2.24) is 0 Å². The van der Waals surface area contributed by atoms with Gasteiger partial charge in [0.15, 0.2) is 6.73 Å². The highest BCUT2D eigenvalue weighted by atomic mass is 16.6. The van der Waals surface area contributed by atoms with Gasteiger partial charge in [-0.25, -0.2) is 9.69 Å². The predicted molar refractivity (Wildman–Crippen MR) is 67.2 cm³/mol. The van der Waals surface area contributed by atoms with Crippen molar-refractivity contribution in [1.29, 1.82) is 0 Å². The van der Waals surface area contributed by atoms with Crippen LogP contribution in [0, 0.1) is 0 Å². The van der Waals surface area contributed by atoms with Crippen LogP contribution in [0.5, 0.6) is 0 Å². The lowest BCUT2D eigenvalue weighted by molar-refractivity contribution is -0.140. The molecule has 0 unspecified atom stereocenters. The van der Waals surface area contributed by atoms with Crippen molar-refractivity contribution in [3.05, 3.63) is 30.3 Å². The number of amides is 1. The molecule has 5 nitrogen and oxygen atoms in total. The van der Waals surface area contributed by atoms with Crippen LogP contribution in [0.1, 0.15) is 20.8 Å². The van der Waals surface area contributed by atoms with Crippen molar-refractivity contribution in [2.75, 3.05) is 11.6 Å². The summed E-state index contributed by atoms with van der Waals surface area (Å²) in [4.78, 5) is 24.0. The van der Waals surface area contributed by atoms with Gasteiger partial charge in [0.05, 0.1) is 11.8 Å². The van der Waals surface area contributed by atoms with E-state index in [1.807, 2.05) is 6.07 Å². The minimum atomic E-state index is -0.544. The second-order valence-corrected chi connectivity index (χ2v) is 3.96. The molecule has 0 aromatic heterocycles. The SMILES string of the molecule is CC(=O)OCN(C(=O)OC(C)C)c1ccccc1. The van der Waals surface area contributed by atoms with Crippen LogP contribution in [0.2, 0.25) is 0 Å². The summed E-state index contributed by atoms with van der Waals surface area (Å²) in [5, 5.41) is 0. The van der Waals surface area contributed by atoms with Crippen LogP contribution in [-0.2, 0) is 14.3 Å². The summed E-state index contributed by atoms with van der Waals surface area (Å²) < 4.78 is 9.94. The molecule has 1 aromatic carbocycles. The Morgan fingerprint density at radius 1 is 1.22 bits per heavy atom. The van der Waals surface area contributed by atoms with Gasteiger partial charge in [-0.2, -0.15) is 0 Å². The van der Waals surface area contributed by atoms with E-state index in [-0.39, 0.29) is 12.8 Å². The number of rotatable bonds is 4. The fourth-order valence-electron chi connectivity index (χ4n) is 1.26. The van der Waals surface area contributed by atoms with E-state index >= 15 is 0 Å². The number of esters is 1. The van der Waals surface area contributed by atoms with Gasteiger partial charge < -0.3 is 9.47 Å². The number of hydrogen-bond donors (Lipinski definition) is 0. The zero-order chi connectivity index (χ0) is 13.5. The van der Waals surface area contributed by atoms with Gasteiger partial charge in [0.25, 0.3) is 0 Å². The first kappa shape index (κ1) is 14.0. The van der Waals surface area contributed by atoms with Crippen molar-refractivity contribution in [3.63, 3.8) is 0 Å². The molecule has 1 amide bonds. The summed E-state index contributed by atoms with van der Waals surface area (Å²) in [6.45, 7) is 4.64. The Morgan fingerprint density at radius 2 is 1.83 bits per heavy atom. The summed E-state index contributed by atoms with van der Waals surface area (Å²) >= 11 is 0. The monoisotopic (exact) mass is 251 g/mol. The number of carbonyl (C=O) groups excluding carboxylic acids is 2. The molecular weight excluding hydrogens is 234 g/mol. The number of anilines is 1. The second-order valence-electron chi connectivity index (χ2n) is 3.96. The number of hydrogen-bond acceptors (Lipinski definition) is 4. The number of benzene rings is 1. The molecule has 0 aliphatic heterocycles. The first-order valence-corrected chi connectivity index (χ1v) is 5.67. The Hall–Kier alpha value is -2.04. The molecule has 0 N–H and O–H groups in total. The third-order valence-electron chi connectivity index (χ3n) is 2.02. The maximum Gasteiger partial charge on any atom is 0.417 e. The molecular formula is C13H17NO4. The van der Waals surface area contributed by atoms with Crippen molar-refractivity contribution in [2.24, 2.45) is 0 Å². The summed E-state index contributed by atoms with van der Waals surface area (Å²) in [5.74, 6) is -0.451. The van der Waals surface area contributed by atoms with Crippen LogP contribution in [0.25, 0.3) is 0 Å². The summed E-state index contributed by atoms with van der Waals surface area (Å²) in [7, 11) is 0. The Balaban J connectivity index is 2.81. The molecule has 5 heteroatoms. The van der Waals surface area contributed by atoms with Gasteiger partial charge in [-0.1, -0.05) is 18.2 Å². The molecule has 0 bridgehead atoms. The Labute approximate surface area is 106 Å². The van der Waals surface area contributed by atoms with E-state index in [2.05, 4.69) is 0 Å². The largest absolute Gasteiger partial charge is 0.446 e. The number of para-hydroxylation sites is 1. The lowest BCUT2D eigenvalue weighted by Gasteiger charge is -2.22. The third-order valence-corrected chi connectivity index (χ3v) is 2.02. The van der Waals surface area contributed by atoms with Gasteiger partial charge >= 0.3 is 12.1 Å². The molecule has 0 atom stereocenters. The zero-order valence-corrected chi connectivity index (χ0v) is 10.8. The highest BCUT2D eigenvalue weighted by molar-refractivity contribution is 5.87. The molecule has 0 heterocycles. The maximum atomic E-state index is 11.9. The molecule has 0 saturated carbocycles. The number of carbonyl (C=O) groups is 2. The van der Waals surface area contributed by atoms with E-state index in [0.717, 1.165) is 0 Å². The molecule has 0 aliphatic carbocycles.